The first kappa shape index (κ1) is 11.0. The number of nitrogens with one attached hydrogen (secondary N) is 1. The lowest BCUT2D eigenvalue weighted by molar-refractivity contribution is 0.0930. The minimum Gasteiger partial charge on any atom is -0.349 e. The normalized spacial score (nSPS) is 18.1. The Hall–Kier alpha value is -2.17. The highest BCUT2D eigenvalue weighted by atomic mass is 16.1. The largest absolute Gasteiger partial charge is 0.349 e. The zero-order valence-electron chi connectivity index (χ0n) is 9.91. The number of pyridine rings is 1. The van der Waals surface area contributed by atoms with Crippen molar-refractivity contribution >= 4 is 5.91 Å². The van der Waals surface area contributed by atoms with Crippen LogP contribution in [0.3, 0.4) is 0 Å². The Labute approximate surface area is 105 Å². The molecule has 1 unspecified atom stereocenters. The molecule has 0 saturated carbocycles. The van der Waals surface area contributed by atoms with Crippen LogP contribution in [0.15, 0.2) is 36.9 Å². The number of carbonyl (C=O) groups excluding carboxylic acids is 1. The molecule has 2 aromatic rings. The summed E-state index contributed by atoms with van der Waals surface area (Å²) < 4.78 is 2.13. The number of hydrogen-bond acceptors (Lipinski definition) is 3. The second-order valence-corrected chi connectivity index (χ2v) is 4.44. The molecule has 5 nitrogen and oxygen atoms in total. The standard InChI is InChI=1S/C13H14N4O/c18-13(10-1-4-14-5-2-10)16-11-3-7-17-8-6-15-12(17)9-11/h1-2,4-6,8,11H,3,7,9H2,(H,16,18). The van der Waals surface area contributed by atoms with Crippen molar-refractivity contribution in [2.45, 2.75) is 25.4 Å². The van der Waals surface area contributed by atoms with Crippen LogP contribution in [0, 0.1) is 0 Å². The molecule has 0 fully saturated rings. The van der Waals surface area contributed by atoms with Crippen LogP contribution in [0.1, 0.15) is 22.6 Å². The van der Waals surface area contributed by atoms with Gasteiger partial charge in [-0.3, -0.25) is 9.78 Å². The van der Waals surface area contributed by atoms with Crippen LogP contribution < -0.4 is 5.32 Å². The Kier molecular flexibility index (Phi) is 2.80. The molecule has 0 spiro atoms. The number of aryl methyl sites for hydroxylation is 1. The number of hydrogen-bond donors (Lipinski definition) is 1. The third kappa shape index (κ3) is 2.11. The lowest BCUT2D eigenvalue weighted by Crippen LogP contribution is -2.40. The molecule has 3 rings (SSSR count). The monoisotopic (exact) mass is 242 g/mol. The van der Waals surface area contributed by atoms with Crippen LogP contribution in [0.2, 0.25) is 0 Å². The lowest BCUT2D eigenvalue weighted by atomic mass is 10.1. The van der Waals surface area contributed by atoms with Crippen molar-refractivity contribution in [3.63, 3.8) is 0 Å². The highest BCUT2D eigenvalue weighted by molar-refractivity contribution is 5.94. The maximum atomic E-state index is 12.0. The fourth-order valence-corrected chi connectivity index (χ4v) is 2.25. The van der Waals surface area contributed by atoms with Crippen molar-refractivity contribution in [2.75, 3.05) is 0 Å². The molecule has 18 heavy (non-hydrogen) atoms. The SMILES string of the molecule is O=C(NC1CCn2ccnc2C1)c1ccncc1. The predicted molar refractivity (Wildman–Crippen MR) is 66.0 cm³/mol. The lowest BCUT2D eigenvalue weighted by Gasteiger charge is -2.24. The Morgan fingerprint density at radius 2 is 2.17 bits per heavy atom. The van der Waals surface area contributed by atoms with Gasteiger partial charge in [0.1, 0.15) is 5.82 Å². The number of imidazole rings is 1. The first-order chi connectivity index (χ1) is 8.83. The van der Waals surface area contributed by atoms with Gasteiger partial charge in [-0.15, -0.1) is 0 Å². The van der Waals surface area contributed by atoms with Gasteiger partial charge in [-0.25, -0.2) is 4.98 Å². The van der Waals surface area contributed by atoms with Crippen LogP contribution in [0.5, 0.6) is 0 Å². The molecule has 92 valence electrons. The van der Waals surface area contributed by atoms with E-state index in [0.717, 1.165) is 25.2 Å². The fraction of sp³-hybridized carbons (Fsp3) is 0.308. The van der Waals surface area contributed by atoms with Gasteiger partial charge in [0.05, 0.1) is 0 Å². The van der Waals surface area contributed by atoms with Gasteiger partial charge in [0, 0.05) is 49.4 Å². The third-order valence-corrected chi connectivity index (χ3v) is 3.23. The number of fused-ring (bicyclic) bond motifs is 1. The first-order valence-corrected chi connectivity index (χ1v) is 6.04. The summed E-state index contributed by atoms with van der Waals surface area (Å²) in [5.41, 5.74) is 0.652. The Morgan fingerprint density at radius 3 is 3.00 bits per heavy atom. The molecule has 0 aliphatic carbocycles. The molecular formula is C13H14N4O. The summed E-state index contributed by atoms with van der Waals surface area (Å²) in [6, 6.07) is 3.61. The fourth-order valence-electron chi connectivity index (χ4n) is 2.25. The number of amides is 1. The molecule has 3 heterocycles. The molecule has 1 aliphatic rings. The van der Waals surface area contributed by atoms with Crippen molar-refractivity contribution in [2.24, 2.45) is 0 Å². The topological polar surface area (TPSA) is 59.8 Å². The summed E-state index contributed by atoms with van der Waals surface area (Å²) in [5.74, 6) is 1.00. The van der Waals surface area contributed by atoms with E-state index in [9.17, 15) is 4.79 Å². The van der Waals surface area contributed by atoms with Crippen LogP contribution in [-0.2, 0) is 13.0 Å². The summed E-state index contributed by atoms with van der Waals surface area (Å²) in [7, 11) is 0. The number of rotatable bonds is 2. The first-order valence-electron chi connectivity index (χ1n) is 6.04. The zero-order valence-corrected chi connectivity index (χ0v) is 9.91. The summed E-state index contributed by atoms with van der Waals surface area (Å²) in [6.07, 6.45) is 8.79. The van der Waals surface area contributed by atoms with Gasteiger partial charge in [-0.05, 0) is 18.6 Å². The summed E-state index contributed by atoms with van der Waals surface area (Å²) in [4.78, 5) is 20.2. The van der Waals surface area contributed by atoms with E-state index in [1.807, 2.05) is 12.4 Å². The van der Waals surface area contributed by atoms with Crippen molar-refractivity contribution in [1.29, 1.82) is 0 Å². The molecular weight excluding hydrogens is 228 g/mol. The van der Waals surface area contributed by atoms with Gasteiger partial charge in [0.2, 0.25) is 0 Å². The van der Waals surface area contributed by atoms with E-state index in [-0.39, 0.29) is 11.9 Å². The van der Waals surface area contributed by atoms with Crippen molar-refractivity contribution in [3.8, 4) is 0 Å². The van der Waals surface area contributed by atoms with Gasteiger partial charge in [-0.1, -0.05) is 0 Å². The van der Waals surface area contributed by atoms with Crippen LogP contribution in [0.25, 0.3) is 0 Å². The van der Waals surface area contributed by atoms with Crippen molar-refractivity contribution in [1.82, 2.24) is 19.9 Å². The second kappa shape index (κ2) is 4.60. The summed E-state index contributed by atoms with van der Waals surface area (Å²) >= 11 is 0. The highest BCUT2D eigenvalue weighted by Crippen LogP contribution is 2.13. The van der Waals surface area contributed by atoms with E-state index >= 15 is 0 Å². The van der Waals surface area contributed by atoms with E-state index < -0.39 is 0 Å². The molecule has 1 amide bonds. The highest BCUT2D eigenvalue weighted by Gasteiger charge is 2.20. The second-order valence-electron chi connectivity index (χ2n) is 4.44. The maximum Gasteiger partial charge on any atom is 0.251 e. The van der Waals surface area contributed by atoms with E-state index in [1.165, 1.54) is 0 Å². The predicted octanol–water partition coefficient (Wildman–Crippen LogP) is 1.02. The molecule has 0 aromatic carbocycles. The molecule has 1 N–H and O–H groups in total. The Balaban J connectivity index is 1.67. The Bertz CT molecular complexity index is 549. The minimum atomic E-state index is -0.0394. The van der Waals surface area contributed by atoms with Crippen LogP contribution in [-0.4, -0.2) is 26.5 Å². The number of nitrogens with zero attached hydrogens (tertiary/aromatic N) is 3. The third-order valence-electron chi connectivity index (χ3n) is 3.23. The van der Waals surface area contributed by atoms with Crippen LogP contribution in [0.4, 0.5) is 0 Å². The molecule has 1 aliphatic heterocycles. The van der Waals surface area contributed by atoms with Crippen molar-refractivity contribution in [3.05, 3.63) is 48.3 Å². The summed E-state index contributed by atoms with van der Waals surface area (Å²) in [5, 5.41) is 3.05. The number of aromatic nitrogens is 3. The molecule has 0 bridgehead atoms. The zero-order chi connectivity index (χ0) is 12.4. The smallest absolute Gasteiger partial charge is 0.251 e. The maximum absolute atomic E-state index is 12.0. The summed E-state index contributed by atoms with van der Waals surface area (Å²) in [6.45, 7) is 0.913. The molecule has 2 aromatic heterocycles. The minimum absolute atomic E-state index is 0.0394. The van der Waals surface area contributed by atoms with E-state index in [0.29, 0.717) is 5.56 Å². The van der Waals surface area contributed by atoms with Gasteiger partial charge in [-0.2, -0.15) is 0 Å². The molecule has 1 atom stereocenters. The van der Waals surface area contributed by atoms with Crippen LogP contribution >= 0.6 is 0 Å². The average molecular weight is 242 g/mol. The molecule has 0 radical (unpaired) electrons. The quantitative estimate of drug-likeness (QED) is 0.855. The molecule has 5 heteroatoms. The molecule has 0 saturated heterocycles. The van der Waals surface area contributed by atoms with Gasteiger partial charge >= 0.3 is 0 Å². The van der Waals surface area contributed by atoms with E-state index in [2.05, 4.69) is 19.9 Å². The average Bonchev–Trinajstić information content (AvgIpc) is 2.87. The van der Waals surface area contributed by atoms with Gasteiger partial charge in [0.25, 0.3) is 5.91 Å². The number of carbonyl (C=O) groups is 1. The van der Waals surface area contributed by atoms with E-state index in [1.54, 1.807) is 24.5 Å². The van der Waals surface area contributed by atoms with Gasteiger partial charge in [0.15, 0.2) is 0 Å². The van der Waals surface area contributed by atoms with Crippen molar-refractivity contribution < 1.29 is 4.79 Å². The van der Waals surface area contributed by atoms with E-state index in [4.69, 9.17) is 0 Å². The Morgan fingerprint density at radius 1 is 1.33 bits per heavy atom. The van der Waals surface area contributed by atoms with Gasteiger partial charge < -0.3 is 9.88 Å².